The summed E-state index contributed by atoms with van der Waals surface area (Å²) in [7, 11) is 1.99. The molecular weight excluding hydrogens is 148 g/mol. The number of nitrogens with one attached hydrogen (secondary N) is 2. The maximum absolute atomic E-state index is 3.41. The van der Waals surface area contributed by atoms with Crippen LogP contribution in [-0.4, -0.2) is 13.2 Å². The number of rotatable bonds is 1. The molecule has 0 saturated heterocycles. The van der Waals surface area contributed by atoms with Crippen LogP contribution in [0.25, 0.3) is 0 Å². The van der Waals surface area contributed by atoms with Gasteiger partial charge in [0, 0.05) is 13.0 Å². The Bertz CT molecular complexity index is 270. The van der Waals surface area contributed by atoms with E-state index in [1.165, 1.54) is 11.1 Å². The number of benzene rings is 1. The van der Waals surface area contributed by atoms with Crippen LogP contribution in [0, 0.1) is 0 Å². The first-order chi connectivity index (χ1) is 5.90. The fourth-order valence-corrected chi connectivity index (χ4v) is 1.66. The van der Waals surface area contributed by atoms with Gasteiger partial charge in [-0.05, 0) is 18.2 Å². The highest BCUT2D eigenvalue weighted by atomic mass is 15.1. The summed E-state index contributed by atoms with van der Waals surface area (Å²) in [6, 6.07) is 8.60. The maximum atomic E-state index is 3.41. The van der Waals surface area contributed by atoms with Gasteiger partial charge < -0.3 is 5.32 Å². The van der Waals surface area contributed by atoms with Crippen molar-refractivity contribution in [1.29, 1.82) is 0 Å². The minimum atomic E-state index is 0.444. The van der Waals surface area contributed by atoms with E-state index >= 15 is 0 Å². The van der Waals surface area contributed by atoms with E-state index in [-0.39, 0.29) is 0 Å². The number of hydrogen-bond donors (Lipinski definition) is 2. The standard InChI is InChI=1S/C10H14N2/c1-11-10-6-8-4-2-3-5-9(8)7-12-10/h2-5,10-12H,6-7H2,1H3. The summed E-state index contributed by atoms with van der Waals surface area (Å²) in [4.78, 5) is 0. The average molecular weight is 162 g/mol. The van der Waals surface area contributed by atoms with Crippen LogP contribution < -0.4 is 10.6 Å². The highest BCUT2D eigenvalue weighted by Crippen LogP contribution is 2.14. The van der Waals surface area contributed by atoms with Crippen LogP contribution in [0.4, 0.5) is 0 Å². The van der Waals surface area contributed by atoms with E-state index in [4.69, 9.17) is 0 Å². The van der Waals surface area contributed by atoms with Crippen LogP contribution >= 0.6 is 0 Å². The van der Waals surface area contributed by atoms with Crippen molar-refractivity contribution in [3.05, 3.63) is 35.4 Å². The van der Waals surface area contributed by atoms with Gasteiger partial charge in [0.25, 0.3) is 0 Å². The monoisotopic (exact) mass is 162 g/mol. The predicted molar refractivity (Wildman–Crippen MR) is 49.8 cm³/mol. The molecule has 0 spiro atoms. The van der Waals surface area contributed by atoms with Gasteiger partial charge in [0.05, 0.1) is 6.17 Å². The topological polar surface area (TPSA) is 24.1 Å². The van der Waals surface area contributed by atoms with Gasteiger partial charge in [0.1, 0.15) is 0 Å². The van der Waals surface area contributed by atoms with Gasteiger partial charge in [0.2, 0.25) is 0 Å². The van der Waals surface area contributed by atoms with Gasteiger partial charge >= 0.3 is 0 Å². The molecule has 2 rings (SSSR count). The minimum absolute atomic E-state index is 0.444. The molecule has 0 saturated carbocycles. The molecule has 1 aliphatic heterocycles. The van der Waals surface area contributed by atoms with Gasteiger partial charge in [-0.3, -0.25) is 5.32 Å². The third-order valence-electron chi connectivity index (χ3n) is 2.43. The Morgan fingerprint density at radius 3 is 2.83 bits per heavy atom. The largest absolute Gasteiger partial charge is 0.305 e. The van der Waals surface area contributed by atoms with E-state index < -0.39 is 0 Å². The molecule has 0 amide bonds. The van der Waals surface area contributed by atoms with Gasteiger partial charge in [0.15, 0.2) is 0 Å². The number of hydrogen-bond acceptors (Lipinski definition) is 2. The van der Waals surface area contributed by atoms with Crippen molar-refractivity contribution in [1.82, 2.24) is 10.6 Å². The zero-order valence-corrected chi connectivity index (χ0v) is 7.30. The van der Waals surface area contributed by atoms with Crippen LogP contribution in [-0.2, 0) is 13.0 Å². The predicted octanol–water partition coefficient (Wildman–Crippen LogP) is 0.878. The molecule has 2 N–H and O–H groups in total. The van der Waals surface area contributed by atoms with Gasteiger partial charge in [-0.1, -0.05) is 24.3 Å². The lowest BCUT2D eigenvalue weighted by atomic mass is 9.99. The first-order valence-electron chi connectivity index (χ1n) is 4.37. The van der Waals surface area contributed by atoms with Gasteiger partial charge in [-0.25, -0.2) is 0 Å². The van der Waals surface area contributed by atoms with Crippen molar-refractivity contribution in [2.75, 3.05) is 7.05 Å². The molecule has 1 atom stereocenters. The van der Waals surface area contributed by atoms with Crippen molar-refractivity contribution in [2.24, 2.45) is 0 Å². The lowest BCUT2D eigenvalue weighted by molar-refractivity contribution is 0.428. The summed E-state index contributed by atoms with van der Waals surface area (Å²) >= 11 is 0. The van der Waals surface area contributed by atoms with Gasteiger partial charge in [-0.15, -0.1) is 0 Å². The lowest BCUT2D eigenvalue weighted by Gasteiger charge is -2.25. The van der Waals surface area contributed by atoms with Crippen LogP contribution in [0.2, 0.25) is 0 Å². The number of fused-ring (bicyclic) bond motifs is 1. The second-order valence-corrected chi connectivity index (χ2v) is 3.19. The summed E-state index contributed by atoms with van der Waals surface area (Å²) in [5, 5.41) is 6.65. The van der Waals surface area contributed by atoms with Gasteiger partial charge in [-0.2, -0.15) is 0 Å². The molecule has 0 fully saturated rings. The lowest BCUT2D eigenvalue weighted by Crippen LogP contribution is -2.44. The molecule has 1 heterocycles. The zero-order chi connectivity index (χ0) is 8.39. The Hall–Kier alpha value is -0.860. The third-order valence-corrected chi connectivity index (χ3v) is 2.43. The average Bonchev–Trinajstić information content (AvgIpc) is 2.17. The normalized spacial score (nSPS) is 21.9. The molecule has 0 aliphatic carbocycles. The number of likely N-dealkylation sites (N-methyl/N-ethyl adjacent to an activating group) is 1. The molecule has 0 bridgehead atoms. The van der Waals surface area contributed by atoms with E-state index in [0.29, 0.717) is 6.17 Å². The van der Waals surface area contributed by atoms with E-state index in [9.17, 15) is 0 Å². The Balaban J connectivity index is 2.23. The Labute approximate surface area is 73.0 Å². The van der Waals surface area contributed by atoms with Crippen molar-refractivity contribution in [3.8, 4) is 0 Å². The Morgan fingerprint density at radius 2 is 2.08 bits per heavy atom. The quantitative estimate of drug-likeness (QED) is 0.640. The first kappa shape index (κ1) is 7.77. The summed E-state index contributed by atoms with van der Waals surface area (Å²) < 4.78 is 0. The molecule has 0 aromatic heterocycles. The minimum Gasteiger partial charge on any atom is -0.305 e. The molecule has 1 unspecified atom stereocenters. The third kappa shape index (κ3) is 1.36. The fraction of sp³-hybridized carbons (Fsp3) is 0.400. The molecular formula is C10H14N2. The summed E-state index contributed by atoms with van der Waals surface area (Å²) in [5.41, 5.74) is 2.90. The molecule has 1 aliphatic rings. The summed E-state index contributed by atoms with van der Waals surface area (Å²) in [5.74, 6) is 0. The van der Waals surface area contributed by atoms with Crippen molar-refractivity contribution in [3.63, 3.8) is 0 Å². The van der Waals surface area contributed by atoms with Crippen LogP contribution in [0.15, 0.2) is 24.3 Å². The molecule has 0 radical (unpaired) electrons. The molecule has 1 aromatic rings. The van der Waals surface area contributed by atoms with E-state index in [0.717, 1.165) is 13.0 Å². The van der Waals surface area contributed by atoms with E-state index in [2.05, 4.69) is 34.9 Å². The van der Waals surface area contributed by atoms with Crippen molar-refractivity contribution >= 4 is 0 Å². The molecule has 2 nitrogen and oxygen atoms in total. The second kappa shape index (κ2) is 3.25. The van der Waals surface area contributed by atoms with Crippen LogP contribution in [0.1, 0.15) is 11.1 Å². The van der Waals surface area contributed by atoms with Crippen LogP contribution in [0.5, 0.6) is 0 Å². The highest BCUT2D eigenvalue weighted by molar-refractivity contribution is 5.29. The van der Waals surface area contributed by atoms with E-state index in [1.54, 1.807) is 0 Å². The summed E-state index contributed by atoms with van der Waals surface area (Å²) in [6.07, 6.45) is 1.53. The van der Waals surface area contributed by atoms with E-state index in [1.807, 2.05) is 7.05 Å². The Morgan fingerprint density at radius 1 is 1.33 bits per heavy atom. The highest BCUT2D eigenvalue weighted by Gasteiger charge is 2.14. The van der Waals surface area contributed by atoms with Crippen LogP contribution in [0.3, 0.4) is 0 Å². The molecule has 12 heavy (non-hydrogen) atoms. The zero-order valence-electron chi connectivity index (χ0n) is 7.30. The molecule has 2 heteroatoms. The first-order valence-corrected chi connectivity index (χ1v) is 4.37. The van der Waals surface area contributed by atoms with Crippen molar-refractivity contribution in [2.45, 2.75) is 19.1 Å². The second-order valence-electron chi connectivity index (χ2n) is 3.19. The SMILES string of the molecule is CNC1Cc2ccccc2CN1. The smallest absolute Gasteiger partial charge is 0.0613 e. The fourth-order valence-electron chi connectivity index (χ4n) is 1.66. The molecule has 1 aromatic carbocycles. The Kier molecular flexibility index (Phi) is 2.11. The maximum Gasteiger partial charge on any atom is 0.0613 e. The van der Waals surface area contributed by atoms with Crippen molar-refractivity contribution < 1.29 is 0 Å². The summed E-state index contributed by atoms with van der Waals surface area (Å²) in [6.45, 7) is 0.988. The molecule has 64 valence electrons.